The summed E-state index contributed by atoms with van der Waals surface area (Å²) in [7, 11) is 1.64. The Hall–Kier alpha value is -5.07. The van der Waals surface area contributed by atoms with E-state index in [4.69, 9.17) is 4.74 Å². The first kappa shape index (κ1) is 29.6. The van der Waals surface area contributed by atoms with Crippen molar-refractivity contribution in [3.8, 4) is 16.9 Å². The van der Waals surface area contributed by atoms with Crippen molar-refractivity contribution in [1.82, 2.24) is 28.4 Å². The lowest BCUT2D eigenvalue weighted by Crippen LogP contribution is -2.40. The van der Waals surface area contributed by atoms with Crippen LogP contribution in [0.1, 0.15) is 41.0 Å². The van der Waals surface area contributed by atoms with Gasteiger partial charge in [0, 0.05) is 67.9 Å². The van der Waals surface area contributed by atoms with Crippen LogP contribution in [0, 0.1) is 5.41 Å². The van der Waals surface area contributed by atoms with Crippen LogP contribution in [0.2, 0.25) is 0 Å². The van der Waals surface area contributed by atoms with Crippen molar-refractivity contribution in [1.29, 1.82) is 0 Å². The summed E-state index contributed by atoms with van der Waals surface area (Å²) in [6.45, 7) is 6.16. The maximum atomic E-state index is 13.8. The number of carbonyl (C=O) groups is 1. The molecule has 1 aliphatic heterocycles. The third-order valence-corrected chi connectivity index (χ3v) is 8.83. The molecule has 0 aromatic carbocycles. The topological polar surface area (TPSA) is 136 Å². The first-order valence-corrected chi connectivity index (χ1v) is 15.3. The fourth-order valence-electron chi connectivity index (χ4n) is 6.57. The van der Waals surface area contributed by atoms with Crippen LogP contribution in [0.5, 0.6) is 0 Å². The van der Waals surface area contributed by atoms with Gasteiger partial charge in [0.25, 0.3) is 17.0 Å². The molecule has 6 heterocycles. The Morgan fingerprint density at radius 3 is 2.59 bits per heavy atom. The van der Waals surface area contributed by atoms with Gasteiger partial charge in [-0.1, -0.05) is 13.8 Å². The lowest BCUT2D eigenvalue weighted by molar-refractivity contribution is 0.0302. The number of hydrogen-bond donors (Lipinski definition) is 2. The predicted octanol–water partition coefficient (Wildman–Crippen LogP) is 3.08. The van der Waals surface area contributed by atoms with Gasteiger partial charge in [-0.05, 0) is 59.7 Å². The van der Waals surface area contributed by atoms with E-state index in [0.29, 0.717) is 65.7 Å². The molecule has 7 rings (SSSR count). The highest BCUT2D eigenvalue weighted by Gasteiger charge is 2.32. The van der Waals surface area contributed by atoms with E-state index in [1.165, 1.54) is 20.9 Å². The molecule has 0 atom stereocenters. The molecule has 1 aliphatic carbocycles. The fraction of sp³-hybridized carbons (Fsp3) is 0.324. The van der Waals surface area contributed by atoms with E-state index >= 15 is 0 Å². The molecule has 1 saturated heterocycles. The van der Waals surface area contributed by atoms with Crippen molar-refractivity contribution in [3.63, 3.8) is 0 Å². The number of hydrogen-bond acceptors (Lipinski definition) is 8. The number of aromatic nitrogens is 5. The number of pyridine rings is 3. The molecular formula is C34H35N7O5. The maximum Gasteiger partial charge on any atom is 0.280 e. The first-order chi connectivity index (χ1) is 22.1. The molecule has 5 aromatic heterocycles. The third-order valence-electron chi connectivity index (χ3n) is 8.83. The summed E-state index contributed by atoms with van der Waals surface area (Å²) in [4.78, 5) is 50.3. The summed E-state index contributed by atoms with van der Waals surface area (Å²) in [6.07, 6.45) is 10.1. The van der Waals surface area contributed by atoms with Gasteiger partial charge in [-0.3, -0.25) is 19.0 Å². The Morgan fingerprint density at radius 2 is 1.85 bits per heavy atom. The van der Waals surface area contributed by atoms with Crippen molar-refractivity contribution >= 4 is 22.9 Å². The van der Waals surface area contributed by atoms with Crippen LogP contribution in [0.4, 0.5) is 11.5 Å². The molecule has 12 heteroatoms. The molecule has 5 aromatic rings. The molecule has 0 radical (unpaired) electrons. The molecule has 0 saturated carbocycles. The molecule has 0 bridgehead atoms. The number of aliphatic hydroxyl groups excluding tert-OH is 1. The van der Waals surface area contributed by atoms with Gasteiger partial charge in [-0.2, -0.15) is 0 Å². The van der Waals surface area contributed by atoms with E-state index in [-0.39, 0.29) is 34.7 Å². The average molecular weight is 622 g/mol. The van der Waals surface area contributed by atoms with Crippen LogP contribution >= 0.6 is 0 Å². The molecule has 1 fully saturated rings. The number of fused-ring (bicyclic) bond motifs is 3. The molecule has 2 N–H and O–H groups in total. The number of aryl methyl sites for hydroxylation is 1. The lowest BCUT2D eigenvalue weighted by Gasteiger charge is -2.26. The van der Waals surface area contributed by atoms with Crippen LogP contribution in [0.3, 0.4) is 0 Å². The molecule has 0 unspecified atom stereocenters. The van der Waals surface area contributed by atoms with Crippen molar-refractivity contribution in [2.45, 2.75) is 33.3 Å². The minimum Gasteiger partial charge on any atom is -0.392 e. The van der Waals surface area contributed by atoms with E-state index < -0.39 is 0 Å². The first-order valence-electron chi connectivity index (χ1n) is 15.3. The monoisotopic (exact) mass is 621 g/mol. The van der Waals surface area contributed by atoms with Crippen LogP contribution in [0.25, 0.3) is 22.5 Å². The highest BCUT2D eigenvalue weighted by atomic mass is 16.5. The lowest BCUT2D eigenvalue weighted by atomic mass is 9.90. The van der Waals surface area contributed by atoms with E-state index in [2.05, 4.69) is 29.1 Å². The van der Waals surface area contributed by atoms with Gasteiger partial charge in [0.2, 0.25) is 0 Å². The van der Waals surface area contributed by atoms with Gasteiger partial charge >= 0.3 is 0 Å². The molecular weight excluding hydrogens is 586 g/mol. The predicted molar refractivity (Wildman–Crippen MR) is 173 cm³/mol. The molecule has 1 amide bonds. The Balaban J connectivity index is 1.22. The Morgan fingerprint density at radius 1 is 1.04 bits per heavy atom. The van der Waals surface area contributed by atoms with Crippen LogP contribution in [0.15, 0.2) is 70.9 Å². The average Bonchev–Trinajstić information content (AvgIpc) is 3.55. The van der Waals surface area contributed by atoms with Crippen molar-refractivity contribution in [3.05, 3.63) is 104 Å². The second-order valence-corrected chi connectivity index (χ2v) is 12.7. The molecule has 12 nitrogen and oxygen atoms in total. The summed E-state index contributed by atoms with van der Waals surface area (Å²) in [5.74, 6) is 0.598. The normalized spacial score (nSPS) is 15.7. The van der Waals surface area contributed by atoms with Crippen molar-refractivity contribution in [2.75, 3.05) is 31.6 Å². The van der Waals surface area contributed by atoms with E-state index in [9.17, 15) is 19.5 Å². The number of carbonyl (C=O) groups excluding carboxylic acids is 1. The number of nitrogens with one attached hydrogen (secondary N) is 1. The van der Waals surface area contributed by atoms with Gasteiger partial charge in [-0.15, -0.1) is 0 Å². The smallest absolute Gasteiger partial charge is 0.280 e. The zero-order valence-electron chi connectivity index (χ0n) is 26.0. The van der Waals surface area contributed by atoms with Gasteiger partial charge in [0.1, 0.15) is 22.8 Å². The fourth-order valence-corrected chi connectivity index (χ4v) is 6.57. The van der Waals surface area contributed by atoms with Crippen LogP contribution < -0.4 is 16.4 Å². The highest BCUT2D eigenvalue weighted by molar-refractivity contribution is 5.94. The number of amides is 1. The molecule has 46 heavy (non-hydrogen) atoms. The van der Waals surface area contributed by atoms with Gasteiger partial charge < -0.3 is 29.0 Å². The quantitative estimate of drug-likeness (QED) is 0.295. The molecule has 0 spiro atoms. The number of morpholine rings is 1. The summed E-state index contributed by atoms with van der Waals surface area (Å²) >= 11 is 0. The van der Waals surface area contributed by atoms with Gasteiger partial charge in [0.15, 0.2) is 0 Å². The summed E-state index contributed by atoms with van der Waals surface area (Å²) in [5, 5.41) is 13.7. The minimum atomic E-state index is -0.381. The Labute approximate surface area is 264 Å². The largest absolute Gasteiger partial charge is 0.392 e. The molecule has 236 valence electrons. The number of anilines is 2. The van der Waals surface area contributed by atoms with E-state index in [0.717, 1.165) is 18.5 Å². The number of ether oxygens (including phenoxy) is 1. The zero-order chi connectivity index (χ0) is 32.2. The van der Waals surface area contributed by atoms with Gasteiger partial charge in [0.05, 0.1) is 25.4 Å². The second kappa shape index (κ2) is 11.4. The van der Waals surface area contributed by atoms with Crippen LogP contribution in [-0.2, 0) is 31.2 Å². The number of nitrogens with zero attached hydrogens (tertiary/aromatic N) is 6. The Bertz CT molecular complexity index is 2100. The SMILES string of the molecule is Cn1cc(-c2ccnc(-n3ccn4c5c(cc4c3=O)CC(C)(C)C5)c2CO)cc(Nc2ccc(C(=O)N3CCOCC3)cn2)c1=O. The minimum absolute atomic E-state index is 0.117. The molecule has 2 aliphatic rings. The number of rotatable bonds is 6. The van der Waals surface area contributed by atoms with Crippen molar-refractivity contribution in [2.24, 2.45) is 12.5 Å². The second-order valence-electron chi connectivity index (χ2n) is 12.7. The summed E-state index contributed by atoms with van der Waals surface area (Å²) in [6, 6.07) is 8.73. The Kier molecular flexibility index (Phi) is 7.33. The third kappa shape index (κ3) is 5.19. The standard InChI is InChI=1S/C34H35N7O5/c1-34(2)16-22-15-27-33(45)41(9-8-40(27)28(22)17-34)30-25(20-42)24(6-7-35-30)23-14-26(32(44)38(3)19-23)37-29-5-4-21(18-36-29)31(43)39-10-12-46-13-11-39/h4-9,14-15,18-19,42H,10-13,16-17,20H2,1-3H3,(H,36,37). The van der Waals surface area contributed by atoms with E-state index in [1.807, 2.05) is 16.7 Å². The van der Waals surface area contributed by atoms with Gasteiger partial charge in [-0.25, -0.2) is 9.97 Å². The summed E-state index contributed by atoms with van der Waals surface area (Å²) in [5.41, 5.74) is 4.97. The highest BCUT2D eigenvalue weighted by Crippen LogP contribution is 2.37. The van der Waals surface area contributed by atoms with Crippen molar-refractivity contribution < 1.29 is 14.6 Å². The zero-order valence-corrected chi connectivity index (χ0v) is 26.0. The van der Waals surface area contributed by atoms with Crippen LogP contribution in [-0.4, -0.2) is 65.7 Å². The van der Waals surface area contributed by atoms with E-state index in [1.54, 1.807) is 54.8 Å². The number of aliphatic hydroxyl groups is 1. The maximum absolute atomic E-state index is 13.8. The summed E-state index contributed by atoms with van der Waals surface area (Å²) < 4.78 is 10.2.